The predicted molar refractivity (Wildman–Crippen MR) is 90.3 cm³/mol. The summed E-state index contributed by atoms with van der Waals surface area (Å²) in [6, 6.07) is 12.3. The minimum atomic E-state index is -4.52. The summed E-state index contributed by atoms with van der Waals surface area (Å²) in [5.41, 5.74) is 1.22. The van der Waals surface area contributed by atoms with Crippen molar-refractivity contribution in [2.45, 2.75) is 19.1 Å². The lowest BCUT2D eigenvalue weighted by molar-refractivity contribution is -0.137. The first-order chi connectivity index (χ1) is 12.3. The molecule has 0 spiro atoms. The Balaban J connectivity index is 1.85. The lowest BCUT2D eigenvalue weighted by atomic mass is 10.0. The second-order valence-electron chi connectivity index (χ2n) is 5.93. The van der Waals surface area contributed by atoms with E-state index in [1.807, 2.05) is 31.2 Å². The number of rotatable bonds is 3. The monoisotopic (exact) mass is 357 g/mol. The van der Waals surface area contributed by atoms with Gasteiger partial charge in [0.25, 0.3) is 5.91 Å². The average Bonchev–Trinajstić information content (AvgIpc) is 3.02. The van der Waals surface area contributed by atoms with Crippen molar-refractivity contribution in [1.29, 1.82) is 5.26 Å². The number of nitriles is 1. The van der Waals surface area contributed by atoms with Crippen LogP contribution in [0, 0.1) is 18.3 Å². The first-order valence-electron chi connectivity index (χ1n) is 7.75. The zero-order valence-corrected chi connectivity index (χ0v) is 13.7. The molecule has 132 valence electrons. The molecule has 3 aromatic rings. The van der Waals surface area contributed by atoms with Crippen molar-refractivity contribution in [2.24, 2.45) is 0 Å². The lowest BCUT2D eigenvalue weighted by Crippen LogP contribution is -2.28. The largest absolute Gasteiger partial charge is 0.416 e. The number of nitrogens with one attached hydrogen (secondary N) is 2. The van der Waals surface area contributed by atoms with E-state index >= 15 is 0 Å². The SMILES string of the molecule is Cc1ccc2cc(C(=O)NC(C#N)c3cccc(C(F)(F)F)c3)[nH]c2c1. The zero-order chi connectivity index (χ0) is 18.9. The Hall–Kier alpha value is -3.27. The molecule has 0 aliphatic carbocycles. The van der Waals surface area contributed by atoms with Crippen molar-refractivity contribution in [1.82, 2.24) is 10.3 Å². The maximum absolute atomic E-state index is 12.8. The number of aryl methyl sites for hydroxylation is 1. The number of hydrogen-bond donors (Lipinski definition) is 2. The summed E-state index contributed by atoms with van der Waals surface area (Å²) in [6.07, 6.45) is -4.52. The normalized spacial score (nSPS) is 12.6. The summed E-state index contributed by atoms with van der Waals surface area (Å²) in [5.74, 6) is -0.567. The Morgan fingerprint density at radius 3 is 2.65 bits per heavy atom. The van der Waals surface area contributed by atoms with Gasteiger partial charge < -0.3 is 10.3 Å². The van der Waals surface area contributed by atoms with Gasteiger partial charge in [0.15, 0.2) is 0 Å². The molecule has 0 fully saturated rings. The fourth-order valence-electron chi connectivity index (χ4n) is 2.66. The molecule has 3 rings (SSSR count). The van der Waals surface area contributed by atoms with Crippen LogP contribution in [0.1, 0.15) is 33.2 Å². The number of hydrogen-bond acceptors (Lipinski definition) is 2. The van der Waals surface area contributed by atoms with Crippen molar-refractivity contribution in [3.63, 3.8) is 0 Å². The Morgan fingerprint density at radius 2 is 1.96 bits per heavy atom. The van der Waals surface area contributed by atoms with Gasteiger partial charge in [-0.05, 0) is 42.3 Å². The third-order valence-electron chi connectivity index (χ3n) is 3.97. The van der Waals surface area contributed by atoms with Gasteiger partial charge in [-0.15, -0.1) is 0 Å². The van der Waals surface area contributed by atoms with Crippen LogP contribution >= 0.6 is 0 Å². The zero-order valence-electron chi connectivity index (χ0n) is 13.7. The van der Waals surface area contributed by atoms with Crippen LogP contribution in [-0.4, -0.2) is 10.9 Å². The molecule has 0 saturated heterocycles. The van der Waals surface area contributed by atoms with E-state index in [0.717, 1.165) is 28.6 Å². The van der Waals surface area contributed by atoms with E-state index in [2.05, 4.69) is 10.3 Å². The summed E-state index contributed by atoms with van der Waals surface area (Å²) in [4.78, 5) is 15.4. The van der Waals surface area contributed by atoms with Crippen LogP contribution in [0.5, 0.6) is 0 Å². The average molecular weight is 357 g/mol. The molecule has 1 atom stereocenters. The molecule has 0 aliphatic rings. The van der Waals surface area contributed by atoms with Gasteiger partial charge in [-0.3, -0.25) is 4.79 Å². The fourth-order valence-corrected chi connectivity index (χ4v) is 2.66. The molecule has 0 saturated carbocycles. The van der Waals surface area contributed by atoms with E-state index in [1.54, 1.807) is 6.07 Å². The number of benzene rings is 2. The third kappa shape index (κ3) is 3.54. The second kappa shape index (κ2) is 6.56. The van der Waals surface area contributed by atoms with Crippen molar-refractivity contribution < 1.29 is 18.0 Å². The second-order valence-corrected chi connectivity index (χ2v) is 5.93. The first-order valence-corrected chi connectivity index (χ1v) is 7.75. The number of aromatic nitrogens is 1. The summed E-state index contributed by atoms with van der Waals surface area (Å²) in [6.45, 7) is 1.92. The summed E-state index contributed by atoms with van der Waals surface area (Å²) in [5, 5.41) is 12.6. The summed E-state index contributed by atoms with van der Waals surface area (Å²) >= 11 is 0. The molecule has 1 unspecified atom stereocenters. The molecule has 0 radical (unpaired) electrons. The van der Waals surface area contributed by atoms with Crippen LogP contribution in [0.25, 0.3) is 10.9 Å². The van der Waals surface area contributed by atoms with Gasteiger partial charge in [0.05, 0.1) is 11.6 Å². The smallest absolute Gasteiger partial charge is 0.351 e. The Kier molecular flexibility index (Phi) is 4.43. The van der Waals surface area contributed by atoms with Crippen LogP contribution < -0.4 is 5.32 Å². The van der Waals surface area contributed by atoms with E-state index < -0.39 is 23.7 Å². The van der Waals surface area contributed by atoms with Gasteiger partial charge >= 0.3 is 6.18 Å². The minimum Gasteiger partial charge on any atom is -0.351 e. The maximum Gasteiger partial charge on any atom is 0.416 e. The third-order valence-corrected chi connectivity index (χ3v) is 3.97. The summed E-state index contributed by atoms with van der Waals surface area (Å²) in [7, 11) is 0. The van der Waals surface area contributed by atoms with Crippen LogP contribution in [0.15, 0.2) is 48.5 Å². The Bertz CT molecular complexity index is 1010. The van der Waals surface area contributed by atoms with Crippen LogP contribution in [-0.2, 0) is 6.18 Å². The maximum atomic E-state index is 12.8. The van der Waals surface area contributed by atoms with Crippen LogP contribution in [0.3, 0.4) is 0 Å². The van der Waals surface area contributed by atoms with E-state index in [4.69, 9.17) is 0 Å². The van der Waals surface area contributed by atoms with Gasteiger partial charge in [-0.1, -0.05) is 24.3 Å². The molecule has 7 heteroatoms. The van der Waals surface area contributed by atoms with Gasteiger partial charge in [0, 0.05) is 10.9 Å². The standard InChI is InChI=1S/C19H14F3N3O/c1-11-5-6-13-9-16(24-15(13)7-11)18(26)25-17(10-23)12-3-2-4-14(8-12)19(20,21)22/h2-9,17,24H,1H3,(H,25,26). The molecule has 1 aromatic heterocycles. The minimum absolute atomic E-state index is 0.0719. The van der Waals surface area contributed by atoms with E-state index in [9.17, 15) is 23.2 Å². The number of carbonyl (C=O) groups is 1. The highest BCUT2D eigenvalue weighted by molar-refractivity contribution is 5.98. The molecular formula is C19H14F3N3O. The fraction of sp³-hybridized carbons (Fsp3) is 0.158. The van der Waals surface area contributed by atoms with Gasteiger partial charge in [-0.25, -0.2) is 0 Å². The number of carbonyl (C=O) groups excluding carboxylic acids is 1. The molecule has 1 heterocycles. The molecule has 2 aromatic carbocycles. The number of aromatic amines is 1. The Morgan fingerprint density at radius 1 is 1.19 bits per heavy atom. The topological polar surface area (TPSA) is 68.7 Å². The lowest BCUT2D eigenvalue weighted by Gasteiger charge is -2.14. The van der Waals surface area contributed by atoms with Crippen molar-refractivity contribution in [3.05, 3.63) is 70.9 Å². The number of halogens is 3. The Labute approximate surface area is 147 Å². The number of amides is 1. The highest BCUT2D eigenvalue weighted by Crippen LogP contribution is 2.30. The molecule has 1 amide bonds. The number of fused-ring (bicyclic) bond motifs is 1. The van der Waals surface area contributed by atoms with Gasteiger partial charge in [0.1, 0.15) is 11.7 Å². The van der Waals surface area contributed by atoms with E-state index in [-0.39, 0.29) is 11.3 Å². The van der Waals surface area contributed by atoms with E-state index in [1.165, 1.54) is 12.1 Å². The number of nitrogens with zero attached hydrogens (tertiary/aromatic N) is 1. The molecule has 0 aliphatic heterocycles. The van der Waals surface area contributed by atoms with Gasteiger partial charge in [0.2, 0.25) is 0 Å². The molecule has 4 nitrogen and oxygen atoms in total. The van der Waals surface area contributed by atoms with Crippen molar-refractivity contribution in [3.8, 4) is 6.07 Å². The van der Waals surface area contributed by atoms with Crippen LogP contribution in [0.4, 0.5) is 13.2 Å². The van der Waals surface area contributed by atoms with E-state index in [0.29, 0.717) is 0 Å². The molecular weight excluding hydrogens is 343 g/mol. The van der Waals surface area contributed by atoms with Crippen molar-refractivity contribution in [2.75, 3.05) is 0 Å². The predicted octanol–water partition coefficient (Wildman–Crippen LogP) is 4.49. The van der Waals surface area contributed by atoms with Crippen LogP contribution in [0.2, 0.25) is 0 Å². The van der Waals surface area contributed by atoms with Gasteiger partial charge in [-0.2, -0.15) is 18.4 Å². The number of H-pyrrole nitrogens is 1. The summed E-state index contributed by atoms with van der Waals surface area (Å²) < 4.78 is 38.5. The highest BCUT2D eigenvalue weighted by Gasteiger charge is 2.31. The molecule has 0 bridgehead atoms. The first kappa shape index (κ1) is 17.5. The number of alkyl halides is 3. The molecule has 26 heavy (non-hydrogen) atoms. The quantitative estimate of drug-likeness (QED) is 0.725. The molecule has 2 N–H and O–H groups in total. The van der Waals surface area contributed by atoms with Crippen molar-refractivity contribution >= 4 is 16.8 Å². The highest BCUT2D eigenvalue weighted by atomic mass is 19.4.